The first-order chi connectivity index (χ1) is 11.3. The van der Waals surface area contributed by atoms with E-state index in [-0.39, 0.29) is 5.56 Å². The van der Waals surface area contributed by atoms with Gasteiger partial charge in [0, 0.05) is 6.20 Å². The number of hydrogen-bond acceptors (Lipinski definition) is 5. The summed E-state index contributed by atoms with van der Waals surface area (Å²) in [6, 6.07) is 11.2. The molecule has 7 heteroatoms. The maximum atomic E-state index is 12.6. The minimum absolute atomic E-state index is 0.114. The minimum atomic E-state index is -0.114. The van der Waals surface area contributed by atoms with Crippen LogP contribution in [0.1, 0.15) is 5.56 Å². The van der Waals surface area contributed by atoms with Crippen LogP contribution in [0.3, 0.4) is 0 Å². The van der Waals surface area contributed by atoms with Crippen molar-refractivity contribution >= 4 is 11.0 Å². The molecule has 23 heavy (non-hydrogen) atoms. The van der Waals surface area contributed by atoms with Crippen molar-refractivity contribution in [1.29, 1.82) is 0 Å². The van der Waals surface area contributed by atoms with Gasteiger partial charge in [0.05, 0.1) is 17.6 Å². The van der Waals surface area contributed by atoms with E-state index < -0.39 is 0 Å². The molecule has 7 nitrogen and oxygen atoms in total. The topological polar surface area (TPSA) is 78.5 Å². The molecule has 0 atom stereocenters. The van der Waals surface area contributed by atoms with E-state index in [4.69, 9.17) is 0 Å². The Labute approximate surface area is 130 Å². The highest BCUT2D eigenvalue weighted by Gasteiger charge is 2.09. The van der Waals surface area contributed by atoms with Crippen molar-refractivity contribution in [2.24, 2.45) is 0 Å². The molecule has 0 N–H and O–H groups in total. The Hall–Kier alpha value is -3.35. The maximum Gasteiger partial charge on any atom is 0.263 e. The molecule has 4 rings (SSSR count). The normalized spacial score (nSPS) is 11.0. The fourth-order valence-corrected chi connectivity index (χ4v) is 2.50. The lowest BCUT2D eigenvalue weighted by Crippen LogP contribution is -2.22. The number of para-hydroxylation sites is 1. The van der Waals surface area contributed by atoms with Crippen LogP contribution in [0.2, 0.25) is 0 Å². The molecule has 0 radical (unpaired) electrons. The first-order valence-electron chi connectivity index (χ1n) is 7.06. The van der Waals surface area contributed by atoms with E-state index in [1.165, 1.54) is 12.7 Å². The van der Waals surface area contributed by atoms with Crippen molar-refractivity contribution in [2.75, 3.05) is 0 Å². The first-order valence-corrected chi connectivity index (χ1v) is 7.06. The average molecular weight is 304 g/mol. The Morgan fingerprint density at radius 1 is 1.00 bits per heavy atom. The molecule has 112 valence electrons. The maximum absolute atomic E-state index is 12.6. The highest BCUT2D eigenvalue weighted by Crippen LogP contribution is 2.14. The van der Waals surface area contributed by atoms with Gasteiger partial charge in [0.1, 0.15) is 19.0 Å². The Bertz CT molecular complexity index is 1020. The van der Waals surface area contributed by atoms with Crippen LogP contribution >= 0.6 is 0 Å². The summed E-state index contributed by atoms with van der Waals surface area (Å²) < 4.78 is 3.25. The molecule has 0 saturated carbocycles. The molecule has 3 aromatic heterocycles. The van der Waals surface area contributed by atoms with Gasteiger partial charge in [-0.1, -0.05) is 18.2 Å². The molecule has 1 aromatic carbocycles. The summed E-state index contributed by atoms with van der Waals surface area (Å²) in [7, 11) is 0. The zero-order valence-electron chi connectivity index (χ0n) is 12.1. The summed E-state index contributed by atoms with van der Waals surface area (Å²) >= 11 is 0. The van der Waals surface area contributed by atoms with E-state index in [0.717, 1.165) is 11.3 Å². The Morgan fingerprint density at radius 2 is 1.91 bits per heavy atom. The molecular weight excluding hydrogens is 292 g/mol. The number of hydrogen-bond donors (Lipinski definition) is 0. The van der Waals surface area contributed by atoms with Crippen LogP contribution in [0.25, 0.3) is 16.7 Å². The lowest BCUT2D eigenvalue weighted by Gasteiger charge is -2.11. The van der Waals surface area contributed by atoms with Crippen molar-refractivity contribution in [1.82, 2.24) is 29.3 Å². The third-order valence-electron chi connectivity index (χ3n) is 3.60. The molecule has 0 unspecified atom stereocenters. The number of pyridine rings is 1. The van der Waals surface area contributed by atoms with Gasteiger partial charge in [0.25, 0.3) is 5.56 Å². The van der Waals surface area contributed by atoms with Crippen LogP contribution in [-0.4, -0.2) is 29.3 Å². The molecule has 0 aliphatic rings. The summed E-state index contributed by atoms with van der Waals surface area (Å²) in [5, 5.41) is 4.66. The molecular formula is C16H12N6O. The van der Waals surface area contributed by atoms with Gasteiger partial charge in [-0.3, -0.25) is 9.36 Å². The highest BCUT2D eigenvalue weighted by molar-refractivity contribution is 5.72. The summed E-state index contributed by atoms with van der Waals surface area (Å²) in [6.45, 7) is 0.396. The summed E-state index contributed by atoms with van der Waals surface area (Å²) in [6.07, 6.45) is 6.26. The van der Waals surface area contributed by atoms with Crippen LogP contribution in [0.15, 0.2) is 66.4 Å². The minimum Gasteiger partial charge on any atom is -0.294 e. The molecule has 0 saturated heterocycles. The van der Waals surface area contributed by atoms with E-state index >= 15 is 0 Å². The summed E-state index contributed by atoms with van der Waals surface area (Å²) in [5.41, 5.74) is 2.17. The van der Waals surface area contributed by atoms with Gasteiger partial charge >= 0.3 is 0 Å². The van der Waals surface area contributed by atoms with Crippen molar-refractivity contribution in [3.8, 4) is 5.69 Å². The van der Waals surface area contributed by atoms with Crippen LogP contribution in [-0.2, 0) is 6.54 Å². The van der Waals surface area contributed by atoms with E-state index in [9.17, 15) is 4.79 Å². The molecule has 0 amide bonds. The predicted molar refractivity (Wildman–Crippen MR) is 84.3 cm³/mol. The smallest absolute Gasteiger partial charge is 0.263 e. The third-order valence-corrected chi connectivity index (χ3v) is 3.60. The molecule has 3 heterocycles. The number of rotatable bonds is 3. The predicted octanol–water partition coefficient (Wildman–Crippen LogP) is 1.42. The first kappa shape index (κ1) is 13.3. The van der Waals surface area contributed by atoms with Gasteiger partial charge in [0.2, 0.25) is 0 Å². The van der Waals surface area contributed by atoms with Gasteiger partial charge in [-0.15, -0.1) is 0 Å². The van der Waals surface area contributed by atoms with Crippen molar-refractivity contribution in [2.45, 2.75) is 6.54 Å². The SMILES string of the molecule is O=c1c2cccnc2ncn1Cc1ccccc1-n1cncn1. The largest absolute Gasteiger partial charge is 0.294 e. The lowest BCUT2D eigenvalue weighted by atomic mass is 10.1. The number of fused-ring (bicyclic) bond motifs is 1. The van der Waals surface area contributed by atoms with Crippen LogP contribution in [0.5, 0.6) is 0 Å². The molecule has 0 bridgehead atoms. The van der Waals surface area contributed by atoms with Crippen LogP contribution in [0, 0.1) is 0 Å². The fraction of sp³-hybridized carbons (Fsp3) is 0.0625. The zero-order chi connectivity index (χ0) is 15.6. The Morgan fingerprint density at radius 3 is 2.78 bits per heavy atom. The van der Waals surface area contributed by atoms with E-state index in [1.54, 1.807) is 33.9 Å². The van der Waals surface area contributed by atoms with E-state index in [0.29, 0.717) is 17.6 Å². The molecule has 0 aliphatic carbocycles. The second-order valence-corrected chi connectivity index (χ2v) is 5.02. The van der Waals surface area contributed by atoms with Crippen molar-refractivity contribution in [3.05, 3.63) is 77.5 Å². The number of benzene rings is 1. The summed E-state index contributed by atoms with van der Waals surface area (Å²) in [4.78, 5) is 24.9. The van der Waals surface area contributed by atoms with Gasteiger partial charge in [0.15, 0.2) is 5.65 Å². The second-order valence-electron chi connectivity index (χ2n) is 5.02. The highest BCUT2D eigenvalue weighted by atomic mass is 16.1. The van der Waals surface area contributed by atoms with Crippen molar-refractivity contribution < 1.29 is 0 Å². The monoisotopic (exact) mass is 304 g/mol. The van der Waals surface area contributed by atoms with Crippen LogP contribution < -0.4 is 5.56 Å². The quantitative estimate of drug-likeness (QED) is 0.572. The standard InChI is InChI=1S/C16H12N6O/c23-16-13-5-3-7-18-15(13)19-11-21(16)8-12-4-1-2-6-14(12)22-10-17-9-20-22/h1-7,9-11H,8H2. The van der Waals surface area contributed by atoms with E-state index in [1.807, 2.05) is 24.3 Å². The second kappa shape index (κ2) is 5.45. The molecule has 0 fully saturated rings. The average Bonchev–Trinajstić information content (AvgIpc) is 3.12. The van der Waals surface area contributed by atoms with Gasteiger partial charge in [-0.2, -0.15) is 5.10 Å². The van der Waals surface area contributed by atoms with Gasteiger partial charge < -0.3 is 0 Å². The van der Waals surface area contributed by atoms with Gasteiger partial charge in [-0.25, -0.2) is 19.6 Å². The zero-order valence-corrected chi connectivity index (χ0v) is 12.1. The number of nitrogens with zero attached hydrogens (tertiary/aromatic N) is 6. The fourth-order valence-electron chi connectivity index (χ4n) is 2.50. The van der Waals surface area contributed by atoms with E-state index in [2.05, 4.69) is 20.1 Å². The molecule has 0 aliphatic heterocycles. The Balaban J connectivity index is 1.81. The van der Waals surface area contributed by atoms with Crippen LogP contribution in [0.4, 0.5) is 0 Å². The Kier molecular flexibility index (Phi) is 3.16. The summed E-state index contributed by atoms with van der Waals surface area (Å²) in [5.74, 6) is 0. The third kappa shape index (κ3) is 2.38. The lowest BCUT2D eigenvalue weighted by molar-refractivity contribution is 0.734. The van der Waals surface area contributed by atoms with Crippen molar-refractivity contribution in [3.63, 3.8) is 0 Å². The van der Waals surface area contributed by atoms with Gasteiger partial charge in [-0.05, 0) is 23.8 Å². The number of aromatic nitrogens is 6. The molecule has 4 aromatic rings. The molecule has 0 spiro atoms.